The second kappa shape index (κ2) is 9.69. The van der Waals surface area contributed by atoms with Gasteiger partial charge >= 0.3 is 0 Å². The van der Waals surface area contributed by atoms with E-state index in [0.717, 1.165) is 26.3 Å². The average molecular weight is 361 g/mol. The molecule has 0 radical (unpaired) electrons. The summed E-state index contributed by atoms with van der Waals surface area (Å²) in [5, 5.41) is 5.83. The third-order valence-electron chi connectivity index (χ3n) is 4.48. The van der Waals surface area contributed by atoms with Gasteiger partial charge in [0.15, 0.2) is 0 Å². The number of ether oxygens (including phenoxy) is 1. The molecule has 1 heterocycles. The van der Waals surface area contributed by atoms with Crippen molar-refractivity contribution in [2.24, 2.45) is 5.41 Å². The van der Waals surface area contributed by atoms with Gasteiger partial charge in [-0.25, -0.2) is 0 Å². The van der Waals surface area contributed by atoms with Crippen molar-refractivity contribution in [1.29, 1.82) is 0 Å². The maximum absolute atomic E-state index is 12.2. The van der Waals surface area contributed by atoms with Crippen molar-refractivity contribution in [3.63, 3.8) is 0 Å². The predicted molar refractivity (Wildman–Crippen MR) is 102 cm³/mol. The highest BCUT2D eigenvalue weighted by atomic mass is 16.5. The van der Waals surface area contributed by atoms with Gasteiger partial charge < -0.3 is 15.4 Å². The molecule has 1 fully saturated rings. The molecule has 0 aliphatic carbocycles. The number of carbonyl (C=O) groups is 2. The molecule has 1 aromatic carbocycles. The smallest absolute Gasteiger partial charge is 0.225 e. The van der Waals surface area contributed by atoms with Crippen LogP contribution >= 0.6 is 0 Å². The largest absolute Gasteiger partial charge is 0.379 e. The number of nitrogens with zero attached hydrogens (tertiary/aromatic N) is 1. The monoisotopic (exact) mass is 361 g/mol. The van der Waals surface area contributed by atoms with E-state index in [0.29, 0.717) is 13.1 Å². The predicted octanol–water partition coefficient (Wildman–Crippen LogP) is 1.73. The molecule has 1 unspecified atom stereocenters. The molecule has 1 aliphatic rings. The van der Waals surface area contributed by atoms with E-state index in [1.54, 1.807) is 0 Å². The van der Waals surface area contributed by atoms with Gasteiger partial charge in [-0.15, -0.1) is 0 Å². The molecule has 144 valence electrons. The van der Waals surface area contributed by atoms with Crippen LogP contribution in [0.5, 0.6) is 0 Å². The van der Waals surface area contributed by atoms with Gasteiger partial charge in [0.1, 0.15) is 0 Å². The molecule has 26 heavy (non-hydrogen) atoms. The highest BCUT2D eigenvalue weighted by Gasteiger charge is 2.23. The SMILES string of the molecule is CC(C)(C)C(=O)NCCC(=O)NCC(c1ccccc1)N1CCOCC1. The quantitative estimate of drug-likeness (QED) is 0.776. The van der Waals surface area contributed by atoms with Gasteiger partial charge in [0, 0.05) is 38.0 Å². The maximum atomic E-state index is 12.2. The zero-order valence-electron chi connectivity index (χ0n) is 16.1. The summed E-state index contributed by atoms with van der Waals surface area (Å²) in [6.45, 7) is 9.63. The Bertz CT molecular complexity index is 578. The molecule has 1 aromatic rings. The van der Waals surface area contributed by atoms with Crippen molar-refractivity contribution in [3.8, 4) is 0 Å². The molecule has 2 rings (SSSR count). The number of benzene rings is 1. The first-order chi connectivity index (χ1) is 12.4. The summed E-state index contributed by atoms with van der Waals surface area (Å²) in [5.74, 6) is -0.0887. The summed E-state index contributed by atoms with van der Waals surface area (Å²) in [6, 6.07) is 10.4. The number of rotatable bonds is 7. The van der Waals surface area contributed by atoms with Gasteiger partial charge in [-0.2, -0.15) is 0 Å². The lowest BCUT2D eigenvalue weighted by Gasteiger charge is -2.35. The minimum absolute atomic E-state index is 0.0409. The van der Waals surface area contributed by atoms with Crippen molar-refractivity contribution >= 4 is 11.8 Å². The molecular formula is C20H31N3O3. The molecule has 1 aliphatic heterocycles. The highest BCUT2D eigenvalue weighted by Crippen LogP contribution is 2.21. The van der Waals surface area contributed by atoms with E-state index >= 15 is 0 Å². The molecule has 2 N–H and O–H groups in total. The number of carbonyl (C=O) groups excluding carboxylic acids is 2. The normalized spacial score (nSPS) is 16.7. The molecule has 1 saturated heterocycles. The zero-order chi connectivity index (χ0) is 19.0. The van der Waals surface area contributed by atoms with Crippen LogP contribution in [-0.4, -0.2) is 56.1 Å². The number of nitrogens with one attached hydrogen (secondary N) is 2. The van der Waals surface area contributed by atoms with Crippen LogP contribution in [0.2, 0.25) is 0 Å². The Hall–Kier alpha value is -1.92. The third-order valence-corrected chi connectivity index (χ3v) is 4.48. The number of hydrogen-bond donors (Lipinski definition) is 2. The molecule has 0 aromatic heterocycles. The molecular weight excluding hydrogens is 330 g/mol. The number of hydrogen-bond acceptors (Lipinski definition) is 4. The number of morpholine rings is 1. The van der Waals surface area contributed by atoms with Gasteiger partial charge in [-0.3, -0.25) is 14.5 Å². The first-order valence-electron chi connectivity index (χ1n) is 9.29. The Morgan fingerprint density at radius 2 is 1.77 bits per heavy atom. The van der Waals surface area contributed by atoms with E-state index in [2.05, 4.69) is 27.7 Å². The lowest BCUT2D eigenvalue weighted by molar-refractivity contribution is -0.128. The Labute approximate surface area is 156 Å². The van der Waals surface area contributed by atoms with Crippen LogP contribution < -0.4 is 10.6 Å². The van der Waals surface area contributed by atoms with E-state index < -0.39 is 5.41 Å². The lowest BCUT2D eigenvalue weighted by Crippen LogP contribution is -2.44. The fourth-order valence-electron chi connectivity index (χ4n) is 2.88. The van der Waals surface area contributed by atoms with Crippen molar-refractivity contribution in [3.05, 3.63) is 35.9 Å². The third kappa shape index (κ3) is 6.42. The van der Waals surface area contributed by atoms with E-state index in [9.17, 15) is 9.59 Å². The Balaban J connectivity index is 1.84. The minimum atomic E-state index is -0.439. The Morgan fingerprint density at radius 1 is 1.12 bits per heavy atom. The Kier molecular flexibility index (Phi) is 7.60. The maximum Gasteiger partial charge on any atom is 0.225 e. The standard InChI is InChI=1S/C20H31N3O3/c1-20(2,3)19(25)21-10-9-18(24)22-15-17(16-7-5-4-6-8-16)23-11-13-26-14-12-23/h4-8,17H,9-15H2,1-3H3,(H,21,25)(H,22,24). The molecule has 6 heteroatoms. The van der Waals surface area contributed by atoms with Crippen LogP contribution in [0.3, 0.4) is 0 Å². The van der Waals surface area contributed by atoms with Crippen molar-refractivity contribution in [1.82, 2.24) is 15.5 Å². The van der Waals surface area contributed by atoms with Crippen molar-refractivity contribution in [2.45, 2.75) is 33.2 Å². The van der Waals surface area contributed by atoms with Gasteiger partial charge in [-0.1, -0.05) is 51.1 Å². The van der Waals surface area contributed by atoms with E-state index in [-0.39, 0.29) is 24.3 Å². The summed E-state index contributed by atoms with van der Waals surface area (Å²) in [6.07, 6.45) is 0.284. The fourth-order valence-corrected chi connectivity index (χ4v) is 2.88. The summed E-state index contributed by atoms with van der Waals surface area (Å²) < 4.78 is 5.45. The lowest BCUT2D eigenvalue weighted by atomic mass is 9.96. The van der Waals surface area contributed by atoms with Gasteiger partial charge in [0.2, 0.25) is 11.8 Å². The molecule has 0 saturated carbocycles. The summed E-state index contributed by atoms with van der Waals surface area (Å²) >= 11 is 0. The topological polar surface area (TPSA) is 70.7 Å². The first kappa shape index (κ1) is 20.4. The van der Waals surface area contributed by atoms with Crippen LogP contribution in [-0.2, 0) is 14.3 Å². The van der Waals surface area contributed by atoms with E-state index in [4.69, 9.17) is 4.74 Å². The van der Waals surface area contributed by atoms with Crippen molar-refractivity contribution in [2.75, 3.05) is 39.4 Å². The molecule has 6 nitrogen and oxygen atoms in total. The van der Waals surface area contributed by atoms with Gasteiger partial charge in [-0.05, 0) is 5.56 Å². The van der Waals surface area contributed by atoms with E-state index in [1.807, 2.05) is 39.0 Å². The summed E-state index contributed by atoms with van der Waals surface area (Å²) in [4.78, 5) is 26.4. The second-order valence-electron chi connectivity index (χ2n) is 7.63. The van der Waals surface area contributed by atoms with Crippen LogP contribution in [0.4, 0.5) is 0 Å². The summed E-state index contributed by atoms with van der Waals surface area (Å²) in [5.41, 5.74) is 0.751. The van der Waals surface area contributed by atoms with Crippen LogP contribution in [0.25, 0.3) is 0 Å². The minimum Gasteiger partial charge on any atom is -0.379 e. The second-order valence-corrected chi connectivity index (χ2v) is 7.63. The first-order valence-corrected chi connectivity index (χ1v) is 9.29. The fraction of sp³-hybridized carbons (Fsp3) is 0.600. The summed E-state index contributed by atoms with van der Waals surface area (Å²) in [7, 11) is 0. The molecule has 0 spiro atoms. The van der Waals surface area contributed by atoms with Gasteiger partial charge in [0.25, 0.3) is 0 Å². The van der Waals surface area contributed by atoms with Gasteiger partial charge in [0.05, 0.1) is 19.3 Å². The molecule has 0 bridgehead atoms. The Morgan fingerprint density at radius 3 is 2.38 bits per heavy atom. The van der Waals surface area contributed by atoms with Crippen LogP contribution in [0.1, 0.15) is 38.8 Å². The van der Waals surface area contributed by atoms with Crippen LogP contribution in [0, 0.1) is 5.41 Å². The van der Waals surface area contributed by atoms with E-state index in [1.165, 1.54) is 5.56 Å². The van der Waals surface area contributed by atoms with Crippen LogP contribution in [0.15, 0.2) is 30.3 Å². The average Bonchev–Trinajstić information content (AvgIpc) is 2.63. The zero-order valence-corrected chi connectivity index (χ0v) is 16.1. The molecule has 1 atom stereocenters. The highest BCUT2D eigenvalue weighted by molar-refractivity contribution is 5.82. The van der Waals surface area contributed by atoms with Crippen molar-refractivity contribution < 1.29 is 14.3 Å². The number of amides is 2. The molecule has 2 amide bonds.